The van der Waals surface area contributed by atoms with Crippen molar-refractivity contribution in [3.63, 3.8) is 0 Å². The standard InChI is InChI=1S/C19H20F3N3O5S/c1-3-25(12-18(27)24-15-6-4-14(5-7-15)23-13(2)26)31(28,29)17-10-8-16(9-11-17)30-19(20,21)22/h4-11H,3,12H2,1-2H3,(H,23,26)(H,24,27). The maximum atomic E-state index is 12.7. The number of ether oxygens (including phenoxy) is 1. The lowest BCUT2D eigenvalue weighted by Gasteiger charge is -2.20. The average molecular weight is 459 g/mol. The van der Waals surface area contributed by atoms with Crippen LogP contribution in [0.4, 0.5) is 24.5 Å². The Hall–Kier alpha value is -3.12. The number of anilines is 2. The van der Waals surface area contributed by atoms with Gasteiger partial charge in [0, 0.05) is 24.8 Å². The monoisotopic (exact) mass is 459 g/mol. The Bertz CT molecular complexity index is 1020. The molecular weight excluding hydrogens is 439 g/mol. The molecular formula is C19H20F3N3O5S. The van der Waals surface area contributed by atoms with E-state index in [2.05, 4.69) is 15.4 Å². The van der Waals surface area contributed by atoms with E-state index in [1.807, 2.05) is 0 Å². The smallest absolute Gasteiger partial charge is 0.406 e. The van der Waals surface area contributed by atoms with E-state index in [4.69, 9.17) is 0 Å². The van der Waals surface area contributed by atoms with E-state index in [0.29, 0.717) is 11.4 Å². The zero-order chi connectivity index (χ0) is 23.2. The van der Waals surface area contributed by atoms with E-state index < -0.39 is 34.6 Å². The number of hydrogen-bond donors (Lipinski definition) is 2. The molecule has 0 aliphatic carbocycles. The van der Waals surface area contributed by atoms with Crippen molar-refractivity contribution in [3.8, 4) is 5.75 Å². The first-order chi connectivity index (χ1) is 14.4. The van der Waals surface area contributed by atoms with E-state index >= 15 is 0 Å². The summed E-state index contributed by atoms with van der Waals surface area (Å²) < 4.78 is 66.8. The molecule has 2 aromatic rings. The molecule has 0 aliphatic heterocycles. The minimum absolute atomic E-state index is 0.0436. The number of carbonyl (C=O) groups excluding carboxylic acids is 2. The molecule has 0 bridgehead atoms. The molecule has 168 valence electrons. The quantitative estimate of drug-likeness (QED) is 0.631. The number of likely N-dealkylation sites (N-methyl/N-ethyl adjacent to an activating group) is 1. The third-order valence-electron chi connectivity index (χ3n) is 3.86. The topological polar surface area (TPSA) is 105 Å². The van der Waals surface area contributed by atoms with Crippen molar-refractivity contribution in [1.82, 2.24) is 4.31 Å². The molecule has 2 aromatic carbocycles. The lowest BCUT2D eigenvalue weighted by molar-refractivity contribution is -0.274. The van der Waals surface area contributed by atoms with Crippen LogP contribution >= 0.6 is 0 Å². The summed E-state index contributed by atoms with van der Waals surface area (Å²) in [5.41, 5.74) is 0.919. The maximum Gasteiger partial charge on any atom is 0.573 e. The van der Waals surface area contributed by atoms with Gasteiger partial charge >= 0.3 is 6.36 Å². The Balaban J connectivity index is 2.06. The third-order valence-corrected chi connectivity index (χ3v) is 5.79. The first kappa shape index (κ1) is 24.2. The number of alkyl halides is 3. The van der Waals surface area contributed by atoms with Crippen LogP contribution in [-0.2, 0) is 19.6 Å². The number of rotatable bonds is 8. The van der Waals surface area contributed by atoms with E-state index in [1.54, 1.807) is 12.1 Å². The highest BCUT2D eigenvalue weighted by Gasteiger charge is 2.31. The molecule has 0 atom stereocenters. The Morgan fingerprint density at radius 3 is 1.94 bits per heavy atom. The molecule has 2 rings (SSSR count). The Morgan fingerprint density at radius 1 is 0.968 bits per heavy atom. The van der Waals surface area contributed by atoms with Crippen LogP contribution in [0.25, 0.3) is 0 Å². The maximum absolute atomic E-state index is 12.7. The van der Waals surface area contributed by atoms with Gasteiger partial charge in [-0.1, -0.05) is 6.92 Å². The number of nitrogens with zero attached hydrogens (tertiary/aromatic N) is 1. The van der Waals surface area contributed by atoms with Crippen molar-refractivity contribution in [1.29, 1.82) is 0 Å². The predicted molar refractivity (Wildman–Crippen MR) is 107 cm³/mol. The van der Waals surface area contributed by atoms with Gasteiger partial charge in [0.25, 0.3) is 0 Å². The molecule has 2 amide bonds. The highest BCUT2D eigenvalue weighted by Crippen LogP contribution is 2.25. The highest BCUT2D eigenvalue weighted by atomic mass is 32.2. The number of benzene rings is 2. The summed E-state index contributed by atoms with van der Waals surface area (Å²) in [6.45, 7) is 2.33. The van der Waals surface area contributed by atoms with E-state index in [1.165, 1.54) is 26.0 Å². The normalized spacial score (nSPS) is 11.8. The highest BCUT2D eigenvalue weighted by molar-refractivity contribution is 7.89. The van der Waals surface area contributed by atoms with Gasteiger partial charge in [-0.15, -0.1) is 13.2 Å². The molecule has 31 heavy (non-hydrogen) atoms. The number of carbonyl (C=O) groups is 2. The zero-order valence-electron chi connectivity index (χ0n) is 16.6. The van der Waals surface area contributed by atoms with Gasteiger partial charge in [-0.05, 0) is 48.5 Å². The van der Waals surface area contributed by atoms with Gasteiger partial charge in [0.15, 0.2) is 0 Å². The van der Waals surface area contributed by atoms with Crippen LogP contribution in [0, 0.1) is 0 Å². The minimum atomic E-state index is -4.89. The average Bonchev–Trinajstić information content (AvgIpc) is 2.66. The van der Waals surface area contributed by atoms with Crippen LogP contribution in [0.5, 0.6) is 5.75 Å². The largest absolute Gasteiger partial charge is 0.573 e. The molecule has 0 unspecified atom stereocenters. The Labute approximate surface area is 177 Å². The predicted octanol–water partition coefficient (Wildman–Crippen LogP) is 3.19. The van der Waals surface area contributed by atoms with Crippen LogP contribution < -0.4 is 15.4 Å². The van der Waals surface area contributed by atoms with Gasteiger partial charge in [0.2, 0.25) is 21.8 Å². The molecule has 0 spiro atoms. The first-order valence-corrected chi connectivity index (χ1v) is 10.4. The van der Waals surface area contributed by atoms with E-state index in [-0.39, 0.29) is 17.3 Å². The molecule has 8 nitrogen and oxygen atoms in total. The van der Waals surface area contributed by atoms with E-state index in [9.17, 15) is 31.2 Å². The van der Waals surface area contributed by atoms with E-state index in [0.717, 1.165) is 28.6 Å². The van der Waals surface area contributed by atoms with Crippen molar-refractivity contribution < 1.29 is 35.9 Å². The van der Waals surface area contributed by atoms with Crippen LogP contribution in [-0.4, -0.2) is 44.0 Å². The summed E-state index contributed by atoms with van der Waals surface area (Å²) in [4.78, 5) is 23.0. The van der Waals surface area contributed by atoms with Crippen LogP contribution in [0.1, 0.15) is 13.8 Å². The van der Waals surface area contributed by atoms with Crippen molar-refractivity contribution in [2.24, 2.45) is 0 Å². The molecule has 0 aromatic heterocycles. The number of nitrogens with one attached hydrogen (secondary N) is 2. The summed E-state index contributed by atoms with van der Waals surface area (Å²) in [6, 6.07) is 9.90. The van der Waals surface area contributed by atoms with Crippen molar-refractivity contribution >= 4 is 33.2 Å². The van der Waals surface area contributed by atoms with Crippen LogP contribution in [0.15, 0.2) is 53.4 Å². The fraction of sp³-hybridized carbons (Fsp3) is 0.263. The second kappa shape index (κ2) is 9.79. The molecule has 12 heteroatoms. The van der Waals surface area contributed by atoms with Gasteiger partial charge in [0.05, 0.1) is 11.4 Å². The number of hydrogen-bond acceptors (Lipinski definition) is 5. The number of halogens is 3. The summed E-state index contributed by atoms with van der Waals surface area (Å²) in [5, 5.41) is 5.11. The summed E-state index contributed by atoms with van der Waals surface area (Å²) in [5.74, 6) is -1.43. The summed E-state index contributed by atoms with van der Waals surface area (Å²) in [7, 11) is -4.13. The molecule has 0 heterocycles. The molecule has 2 N–H and O–H groups in total. The van der Waals surface area contributed by atoms with Gasteiger partial charge < -0.3 is 15.4 Å². The molecule has 0 saturated heterocycles. The summed E-state index contributed by atoms with van der Waals surface area (Å²) >= 11 is 0. The third kappa shape index (κ3) is 7.26. The van der Waals surface area contributed by atoms with Crippen LogP contribution in [0.2, 0.25) is 0 Å². The lowest BCUT2D eigenvalue weighted by Crippen LogP contribution is -2.37. The fourth-order valence-corrected chi connectivity index (χ4v) is 3.94. The SMILES string of the molecule is CCN(CC(=O)Nc1ccc(NC(C)=O)cc1)S(=O)(=O)c1ccc(OC(F)(F)F)cc1. The molecule has 0 saturated carbocycles. The van der Waals surface area contributed by atoms with Crippen molar-refractivity contribution in [2.75, 3.05) is 23.7 Å². The van der Waals surface area contributed by atoms with Crippen molar-refractivity contribution in [2.45, 2.75) is 25.1 Å². The van der Waals surface area contributed by atoms with Gasteiger partial charge in [0.1, 0.15) is 5.75 Å². The minimum Gasteiger partial charge on any atom is -0.406 e. The Kier molecular flexibility index (Phi) is 7.63. The second-order valence-electron chi connectivity index (χ2n) is 6.26. The van der Waals surface area contributed by atoms with Gasteiger partial charge in [-0.25, -0.2) is 8.42 Å². The van der Waals surface area contributed by atoms with Gasteiger partial charge in [-0.2, -0.15) is 4.31 Å². The Morgan fingerprint density at radius 2 is 1.48 bits per heavy atom. The molecule has 0 fully saturated rings. The van der Waals surface area contributed by atoms with Crippen LogP contribution in [0.3, 0.4) is 0 Å². The first-order valence-electron chi connectivity index (χ1n) is 8.94. The van der Waals surface area contributed by atoms with Crippen molar-refractivity contribution in [3.05, 3.63) is 48.5 Å². The van der Waals surface area contributed by atoms with Gasteiger partial charge in [-0.3, -0.25) is 9.59 Å². The summed E-state index contributed by atoms with van der Waals surface area (Å²) in [6.07, 6.45) is -4.89. The lowest BCUT2D eigenvalue weighted by atomic mass is 10.2. The second-order valence-corrected chi connectivity index (χ2v) is 8.20. The molecule has 0 radical (unpaired) electrons. The fourth-order valence-electron chi connectivity index (χ4n) is 2.53. The zero-order valence-corrected chi connectivity index (χ0v) is 17.4. The number of sulfonamides is 1. The number of amides is 2. The molecule has 0 aliphatic rings.